The topological polar surface area (TPSA) is 92.6 Å². The number of piperazine rings is 1. The Balaban J connectivity index is 1.61. The zero-order chi connectivity index (χ0) is 18.5. The van der Waals surface area contributed by atoms with Crippen LogP contribution in [0, 0.1) is 5.92 Å². The predicted octanol–water partition coefficient (Wildman–Crippen LogP) is 0.153. The molecule has 3 heterocycles. The number of amides is 2. The molecule has 142 valence electrons. The van der Waals surface area contributed by atoms with Crippen LogP contribution in [0.3, 0.4) is 0 Å². The Hall–Kier alpha value is -1.90. The van der Waals surface area contributed by atoms with Crippen molar-refractivity contribution in [3.63, 3.8) is 0 Å². The molecule has 0 unspecified atom stereocenters. The Morgan fingerprint density at radius 2 is 1.81 bits per heavy atom. The molecule has 1 aromatic rings. The summed E-state index contributed by atoms with van der Waals surface area (Å²) in [5.74, 6) is -0.206. The maximum atomic E-state index is 13.1. The van der Waals surface area contributed by atoms with E-state index in [2.05, 4.69) is 5.10 Å². The van der Waals surface area contributed by atoms with E-state index in [1.165, 1.54) is 0 Å². The van der Waals surface area contributed by atoms with Gasteiger partial charge in [0.05, 0.1) is 23.6 Å². The molecular formula is C17H24N4O4S. The number of hydrogen-bond donors (Lipinski definition) is 0. The molecule has 26 heavy (non-hydrogen) atoms. The third kappa shape index (κ3) is 3.02. The van der Waals surface area contributed by atoms with E-state index in [4.69, 9.17) is 0 Å². The molecule has 0 spiro atoms. The van der Waals surface area contributed by atoms with Crippen LogP contribution in [0.4, 0.5) is 0 Å². The molecule has 3 fully saturated rings. The van der Waals surface area contributed by atoms with Gasteiger partial charge in [0.2, 0.25) is 5.91 Å². The van der Waals surface area contributed by atoms with Gasteiger partial charge in [-0.05, 0) is 25.3 Å². The predicted molar refractivity (Wildman–Crippen MR) is 94.2 cm³/mol. The molecule has 1 aromatic heterocycles. The first-order chi connectivity index (χ1) is 12.4. The minimum atomic E-state index is -3.27. The summed E-state index contributed by atoms with van der Waals surface area (Å²) in [5.41, 5.74) is 0.483. The van der Waals surface area contributed by atoms with Crippen molar-refractivity contribution in [2.45, 2.75) is 44.8 Å². The number of nitrogens with zero attached hydrogens (tertiary/aromatic N) is 4. The summed E-state index contributed by atoms with van der Waals surface area (Å²) in [6, 6.07) is 0.792. The fraction of sp³-hybridized carbons (Fsp3) is 0.706. The lowest BCUT2D eigenvalue weighted by Gasteiger charge is -2.44. The number of hydrogen-bond acceptors (Lipinski definition) is 5. The lowest BCUT2D eigenvalue weighted by Crippen LogP contribution is -2.62. The SMILES string of the molecule is CCCn1nccc1C(=O)N1CCN(C(=O)C2CC2)[C@@H]2CS(=O)(=O)C[C@@H]21. The summed E-state index contributed by atoms with van der Waals surface area (Å²) >= 11 is 0. The Morgan fingerprint density at radius 3 is 2.46 bits per heavy atom. The van der Waals surface area contributed by atoms with E-state index in [9.17, 15) is 18.0 Å². The highest BCUT2D eigenvalue weighted by Crippen LogP contribution is 2.35. The summed E-state index contributed by atoms with van der Waals surface area (Å²) in [7, 11) is -3.27. The molecule has 8 nitrogen and oxygen atoms in total. The van der Waals surface area contributed by atoms with Crippen LogP contribution in [-0.2, 0) is 21.2 Å². The molecule has 0 N–H and O–H groups in total. The second kappa shape index (κ2) is 6.37. The van der Waals surface area contributed by atoms with Gasteiger partial charge in [-0.15, -0.1) is 0 Å². The molecule has 2 saturated heterocycles. The van der Waals surface area contributed by atoms with Crippen molar-refractivity contribution in [3.05, 3.63) is 18.0 Å². The summed E-state index contributed by atoms with van der Waals surface area (Å²) in [6.07, 6.45) is 4.22. The zero-order valence-electron chi connectivity index (χ0n) is 14.9. The molecule has 3 aliphatic rings. The summed E-state index contributed by atoms with van der Waals surface area (Å²) < 4.78 is 26.2. The fourth-order valence-electron chi connectivity index (χ4n) is 4.10. The molecule has 0 bridgehead atoms. The number of rotatable bonds is 4. The number of sulfone groups is 1. The number of aromatic nitrogens is 2. The standard InChI is InChI=1S/C17H24N4O4S/c1-2-7-21-13(5-6-18-21)17(23)20-9-8-19(16(22)12-3-4-12)14-10-26(24,25)11-15(14)20/h5-6,12,14-15H,2-4,7-11H2,1H3/t14-,15+/m1/s1. The Kier molecular flexibility index (Phi) is 4.29. The van der Waals surface area contributed by atoms with E-state index in [-0.39, 0.29) is 29.2 Å². The van der Waals surface area contributed by atoms with Crippen molar-refractivity contribution >= 4 is 21.7 Å². The first kappa shape index (κ1) is 17.5. The van der Waals surface area contributed by atoms with Crippen molar-refractivity contribution in [1.29, 1.82) is 0 Å². The van der Waals surface area contributed by atoms with E-state index in [1.807, 2.05) is 6.92 Å². The second-order valence-corrected chi connectivity index (χ2v) is 9.61. The lowest BCUT2D eigenvalue weighted by molar-refractivity contribution is -0.137. The van der Waals surface area contributed by atoms with Crippen molar-refractivity contribution in [2.75, 3.05) is 24.6 Å². The van der Waals surface area contributed by atoms with E-state index in [1.54, 1.807) is 26.7 Å². The van der Waals surface area contributed by atoms with Gasteiger partial charge in [-0.25, -0.2) is 8.42 Å². The van der Waals surface area contributed by atoms with E-state index < -0.39 is 21.9 Å². The van der Waals surface area contributed by atoms with Crippen LogP contribution < -0.4 is 0 Å². The number of carbonyl (C=O) groups is 2. The minimum absolute atomic E-state index is 0.0475. The molecule has 1 aliphatic carbocycles. The Bertz CT molecular complexity index is 830. The van der Waals surface area contributed by atoms with Gasteiger partial charge in [-0.2, -0.15) is 5.10 Å². The summed E-state index contributed by atoms with van der Waals surface area (Å²) in [6.45, 7) is 3.42. The van der Waals surface area contributed by atoms with Crippen molar-refractivity contribution in [3.8, 4) is 0 Å². The molecule has 2 atom stereocenters. The van der Waals surface area contributed by atoms with E-state index >= 15 is 0 Å². The molecule has 9 heteroatoms. The smallest absolute Gasteiger partial charge is 0.272 e. The number of carbonyl (C=O) groups excluding carboxylic acids is 2. The van der Waals surface area contributed by atoms with Gasteiger partial charge >= 0.3 is 0 Å². The van der Waals surface area contributed by atoms with Crippen molar-refractivity contribution in [2.24, 2.45) is 5.92 Å². The quantitative estimate of drug-likeness (QED) is 0.742. The summed E-state index contributed by atoms with van der Waals surface area (Å²) in [4.78, 5) is 29.0. The highest BCUT2D eigenvalue weighted by Gasteiger charge is 2.51. The molecule has 4 rings (SSSR count). The van der Waals surface area contributed by atoms with Crippen molar-refractivity contribution < 1.29 is 18.0 Å². The van der Waals surface area contributed by atoms with Crippen molar-refractivity contribution in [1.82, 2.24) is 19.6 Å². The second-order valence-electron chi connectivity index (χ2n) is 7.46. The zero-order valence-corrected chi connectivity index (χ0v) is 15.7. The van der Waals surface area contributed by atoms with Gasteiger partial charge in [-0.1, -0.05) is 6.92 Å². The van der Waals surface area contributed by atoms with Crippen LogP contribution in [0.5, 0.6) is 0 Å². The molecule has 0 aromatic carbocycles. The number of fused-ring (bicyclic) bond motifs is 1. The van der Waals surface area contributed by atoms with Crippen LogP contribution in [0.2, 0.25) is 0 Å². The first-order valence-electron chi connectivity index (χ1n) is 9.25. The van der Waals surface area contributed by atoms with Crippen LogP contribution >= 0.6 is 0 Å². The maximum absolute atomic E-state index is 13.1. The van der Waals surface area contributed by atoms with Crippen LogP contribution in [0.15, 0.2) is 12.3 Å². The third-order valence-electron chi connectivity index (χ3n) is 5.52. The van der Waals surface area contributed by atoms with Gasteiger partial charge in [0, 0.05) is 31.7 Å². The fourth-order valence-corrected chi connectivity index (χ4v) is 6.08. The Morgan fingerprint density at radius 1 is 1.15 bits per heavy atom. The molecular weight excluding hydrogens is 356 g/mol. The van der Waals surface area contributed by atoms with Crippen LogP contribution in [0.25, 0.3) is 0 Å². The minimum Gasteiger partial charge on any atom is -0.335 e. The van der Waals surface area contributed by atoms with Gasteiger partial charge in [-0.3, -0.25) is 14.3 Å². The lowest BCUT2D eigenvalue weighted by atomic mass is 10.0. The van der Waals surface area contributed by atoms with Gasteiger partial charge in [0.25, 0.3) is 5.91 Å². The molecule has 2 aliphatic heterocycles. The highest BCUT2D eigenvalue weighted by atomic mass is 32.2. The van der Waals surface area contributed by atoms with E-state index in [0.717, 1.165) is 19.3 Å². The average Bonchev–Trinajstić information content (AvgIpc) is 3.25. The van der Waals surface area contributed by atoms with Gasteiger partial charge < -0.3 is 9.80 Å². The molecule has 1 saturated carbocycles. The number of aryl methyl sites for hydroxylation is 1. The molecule has 2 amide bonds. The monoisotopic (exact) mass is 380 g/mol. The Labute approximate surface area is 153 Å². The van der Waals surface area contributed by atoms with Crippen LogP contribution in [0.1, 0.15) is 36.7 Å². The third-order valence-corrected chi connectivity index (χ3v) is 7.22. The van der Waals surface area contributed by atoms with Gasteiger partial charge in [0.1, 0.15) is 5.69 Å². The van der Waals surface area contributed by atoms with Gasteiger partial charge in [0.15, 0.2) is 9.84 Å². The normalized spacial score (nSPS) is 27.4. The summed E-state index contributed by atoms with van der Waals surface area (Å²) in [5, 5.41) is 4.20. The molecule has 0 radical (unpaired) electrons. The first-order valence-corrected chi connectivity index (χ1v) is 11.1. The van der Waals surface area contributed by atoms with E-state index in [0.29, 0.717) is 25.3 Å². The maximum Gasteiger partial charge on any atom is 0.272 e. The average molecular weight is 380 g/mol. The van der Waals surface area contributed by atoms with Crippen LogP contribution in [-0.4, -0.2) is 76.5 Å². The highest BCUT2D eigenvalue weighted by molar-refractivity contribution is 7.91. The largest absolute Gasteiger partial charge is 0.335 e.